The molecule has 2 fully saturated rings. The summed E-state index contributed by atoms with van der Waals surface area (Å²) in [5, 5.41) is 10.2. The minimum Gasteiger partial charge on any atom is -0.501 e. The predicted molar refractivity (Wildman–Crippen MR) is 109 cm³/mol. The first-order chi connectivity index (χ1) is 14.0. The molecular weight excluding hydrogens is 366 g/mol. The van der Waals surface area contributed by atoms with Crippen LogP contribution in [0.5, 0.6) is 5.75 Å². The Morgan fingerprint density at radius 1 is 1.10 bits per heavy atom. The standard InChI is InChI=1S/C23H27N3O3/c1-25-12-13-26-18(24-21(28)20(27)19(26)22(25)29)14-23(10-2-3-11-23)17-8-6-16(7-9-17)15-4-5-15/h6-9,15,27H,2-5,10-14H2,1H3. The Kier molecular flexibility index (Phi) is 4.26. The number of fused-ring (bicyclic) bond motifs is 1. The van der Waals surface area contributed by atoms with Crippen LogP contribution in [0.25, 0.3) is 0 Å². The number of hydrogen-bond donors (Lipinski definition) is 1. The zero-order valence-corrected chi connectivity index (χ0v) is 16.9. The summed E-state index contributed by atoms with van der Waals surface area (Å²) in [5.74, 6) is 0.511. The number of carbonyl (C=O) groups is 1. The Bertz CT molecular complexity index is 1010. The zero-order chi connectivity index (χ0) is 20.2. The Balaban J connectivity index is 1.56. The third-order valence-corrected chi connectivity index (χ3v) is 7.08. The summed E-state index contributed by atoms with van der Waals surface area (Å²) in [7, 11) is 1.69. The Labute approximate surface area is 170 Å². The Morgan fingerprint density at radius 3 is 2.45 bits per heavy atom. The second kappa shape index (κ2) is 6.71. The fourth-order valence-electron chi connectivity index (χ4n) is 5.16. The smallest absolute Gasteiger partial charge is 0.315 e. The maximum Gasteiger partial charge on any atom is 0.315 e. The first-order valence-corrected chi connectivity index (χ1v) is 10.7. The van der Waals surface area contributed by atoms with Gasteiger partial charge in [-0.3, -0.25) is 9.59 Å². The van der Waals surface area contributed by atoms with Gasteiger partial charge in [0.1, 0.15) is 5.82 Å². The lowest BCUT2D eigenvalue weighted by Crippen LogP contribution is -2.42. The first kappa shape index (κ1) is 18.4. The average molecular weight is 393 g/mol. The van der Waals surface area contributed by atoms with Gasteiger partial charge in [0, 0.05) is 32.0 Å². The normalized spacial score (nSPS) is 20.7. The Morgan fingerprint density at radius 2 is 1.79 bits per heavy atom. The number of carbonyl (C=O) groups excluding carboxylic acids is 1. The van der Waals surface area contributed by atoms with Crippen molar-refractivity contribution in [3.63, 3.8) is 0 Å². The molecule has 0 unspecified atom stereocenters. The van der Waals surface area contributed by atoms with Crippen LogP contribution in [-0.2, 0) is 18.4 Å². The minimum atomic E-state index is -0.702. The molecule has 29 heavy (non-hydrogen) atoms. The van der Waals surface area contributed by atoms with Gasteiger partial charge < -0.3 is 14.6 Å². The molecule has 3 aliphatic rings. The van der Waals surface area contributed by atoms with Crippen LogP contribution < -0.4 is 5.56 Å². The lowest BCUT2D eigenvalue weighted by atomic mass is 9.75. The van der Waals surface area contributed by atoms with Gasteiger partial charge >= 0.3 is 5.56 Å². The van der Waals surface area contributed by atoms with Crippen LogP contribution in [0.4, 0.5) is 0 Å². The molecule has 0 bridgehead atoms. The molecule has 6 nitrogen and oxygen atoms in total. The van der Waals surface area contributed by atoms with Crippen molar-refractivity contribution in [3.05, 3.63) is 57.3 Å². The fourth-order valence-corrected chi connectivity index (χ4v) is 5.16. The van der Waals surface area contributed by atoms with Crippen LogP contribution in [0.3, 0.4) is 0 Å². The summed E-state index contributed by atoms with van der Waals surface area (Å²) in [5.41, 5.74) is 2.05. The molecule has 0 spiro atoms. The maximum atomic E-state index is 12.6. The number of hydrogen-bond acceptors (Lipinski definition) is 4. The molecule has 152 valence electrons. The molecule has 0 radical (unpaired) electrons. The van der Waals surface area contributed by atoms with Crippen molar-refractivity contribution < 1.29 is 9.90 Å². The van der Waals surface area contributed by atoms with Crippen LogP contribution >= 0.6 is 0 Å². The van der Waals surface area contributed by atoms with E-state index >= 15 is 0 Å². The molecule has 2 heterocycles. The van der Waals surface area contributed by atoms with Gasteiger partial charge in [-0.2, -0.15) is 4.98 Å². The van der Waals surface area contributed by atoms with E-state index in [0.29, 0.717) is 25.3 Å². The zero-order valence-electron chi connectivity index (χ0n) is 16.9. The van der Waals surface area contributed by atoms with Crippen LogP contribution in [0, 0.1) is 0 Å². The van der Waals surface area contributed by atoms with E-state index in [1.807, 2.05) is 0 Å². The fraction of sp³-hybridized carbons (Fsp3) is 0.522. The summed E-state index contributed by atoms with van der Waals surface area (Å²) in [6, 6.07) is 9.04. The first-order valence-electron chi connectivity index (χ1n) is 10.7. The van der Waals surface area contributed by atoms with Gasteiger partial charge in [0.2, 0.25) is 5.75 Å². The average Bonchev–Trinajstić information content (AvgIpc) is 3.47. The van der Waals surface area contributed by atoms with Gasteiger partial charge in [0.25, 0.3) is 5.91 Å². The largest absolute Gasteiger partial charge is 0.501 e. The van der Waals surface area contributed by atoms with Gasteiger partial charge in [0.05, 0.1) is 0 Å². The van der Waals surface area contributed by atoms with Crippen LogP contribution in [-0.4, -0.2) is 39.1 Å². The van der Waals surface area contributed by atoms with Gasteiger partial charge in [-0.1, -0.05) is 37.1 Å². The van der Waals surface area contributed by atoms with E-state index in [1.165, 1.54) is 24.0 Å². The third-order valence-electron chi connectivity index (χ3n) is 7.08. The highest BCUT2D eigenvalue weighted by Crippen LogP contribution is 2.45. The molecule has 2 aromatic rings. The molecule has 1 aromatic heterocycles. The Hall–Kier alpha value is -2.63. The van der Waals surface area contributed by atoms with E-state index in [9.17, 15) is 14.7 Å². The monoisotopic (exact) mass is 393 g/mol. The second-order valence-electron chi connectivity index (χ2n) is 8.97. The topological polar surface area (TPSA) is 75.4 Å². The van der Waals surface area contributed by atoms with E-state index < -0.39 is 11.3 Å². The third kappa shape index (κ3) is 3.05. The molecule has 1 N–H and O–H groups in total. The highest BCUT2D eigenvalue weighted by atomic mass is 16.3. The summed E-state index contributed by atoms with van der Waals surface area (Å²) in [4.78, 5) is 30.7. The molecule has 5 rings (SSSR count). The van der Waals surface area contributed by atoms with Gasteiger partial charge in [-0.05, 0) is 42.7 Å². The molecule has 1 aromatic carbocycles. The maximum absolute atomic E-state index is 12.6. The quantitative estimate of drug-likeness (QED) is 0.867. The molecule has 1 aliphatic heterocycles. The van der Waals surface area contributed by atoms with Crippen molar-refractivity contribution in [1.29, 1.82) is 0 Å². The molecule has 2 saturated carbocycles. The molecule has 2 aliphatic carbocycles. The van der Waals surface area contributed by atoms with Crippen molar-refractivity contribution >= 4 is 5.91 Å². The van der Waals surface area contributed by atoms with E-state index in [4.69, 9.17) is 0 Å². The second-order valence-corrected chi connectivity index (χ2v) is 8.97. The minimum absolute atomic E-state index is 0.0638. The highest BCUT2D eigenvalue weighted by molar-refractivity contribution is 5.95. The summed E-state index contributed by atoms with van der Waals surface area (Å²) in [6.45, 7) is 1.09. The van der Waals surface area contributed by atoms with Crippen LogP contribution in [0.1, 0.15) is 71.9 Å². The number of aromatic hydroxyl groups is 1. The van der Waals surface area contributed by atoms with E-state index in [2.05, 4.69) is 29.2 Å². The number of nitrogens with zero attached hydrogens (tertiary/aromatic N) is 3. The van der Waals surface area contributed by atoms with Gasteiger partial charge in [0.15, 0.2) is 5.69 Å². The predicted octanol–water partition coefficient (Wildman–Crippen LogP) is 2.97. The van der Waals surface area contributed by atoms with Crippen molar-refractivity contribution in [3.8, 4) is 5.75 Å². The van der Waals surface area contributed by atoms with E-state index in [-0.39, 0.29) is 17.0 Å². The van der Waals surface area contributed by atoms with Crippen molar-refractivity contribution in [2.75, 3.05) is 13.6 Å². The lowest BCUT2D eigenvalue weighted by Gasteiger charge is -2.33. The number of likely N-dealkylation sites (N-methyl/N-ethyl adjacent to an activating group) is 1. The van der Waals surface area contributed by atoms with Gasteiger partial charge in [-0.25, -0.2) is 0 Å². The van der Waals surface area contributed by atoms with Gasteiger partial charge in [-0.15, -0.1) is 0 Å². The van der Waals surface area contributed by atoms with Crippen LogP contribution in [0.2, 0.25) is 0 Å². The van der Waals surface area contributed by atoms with Crippen molar-refractivity contribution in [2.45, 2.75) is 62.8 Å². The number of aromatic nitrogens is 2. The summed E-state index contributed by atoms with van der Waals surface area (Å²) < 4.78 is 1.78. The SMILES string of the molecule is CN1CCn2c(CC3(c4ccc(C5CC5)cc4)CCCC3)nc(=O)c(O)c2C1=O. The van der Waals surface area contributed by atoms with Crippen LogP contribution in [0.15, 0.2) is 29.1 Å². The summed E-state index contributed by atoms with van der Waals surface area (Å²) >= 11 is 0. The highest BCUT2D eigenvalue weighted by Gasteiger charge is 2.39. The molecule has 0 atom stereocenters. The molecule has 0 saturated heterocycles. The molecule has 6 heteroatoms. The number of amides is 1. The van der Waals surface area contributed by atoms with E-state index in [1.54, 1.807) is 16.5 Å². The van der Waals surface area contributed by atoms with E-state index in [0.717, 1.165) is 31.6 Å². The molecular formula is C23H27N3O3. The van der Waals surface area contributed by atoms with Crippen molar-refractivity contribution in [2.24, 2.45) is 0 Å². The summed E-state index contributed by atoms with van der Waals surface area (Å²) in [6.07, 6.45) is 7.61. The molecule has 1 amide bonds. The number of rotatable bonds is 4. The van der Waals surface area contributed by atoms with Crippen molar-refractivity contribution in [1.82, 2.24) is 14.5 Å². The number of benzene rings is 1. The lowest BCUT2D eigenvalue weighted by molar-refractivity contribution is 0.0737.